The smallest absolute Gasteiger partial charge is 0.269 e. The normalized spacial score (nSPS) is 15.0. The van der Waals surface area contributed by atoms with Crippen LogP contribution in [0.1, 0.15) is 18.6 Å². The number of nitrogens with zero attached hydrogens (tertiary/aromatic N) is 3. The molecule has 1 aliphatic heterocycles. The third-order valence-corrected chi connectivity index (χ3v) is 3.43. The zero-order valence-corrected chi connectivity index (χ0v) is 11.4. The molecule has 0 spiro atoms. The fourth-order valence-electron chi connectivity index (χ4n) is 2.32. The van der Waals surface area contributed by atoms with Crippen LogP contribution in [0.3, 0.4) is 0 Å². The van der Waals surface area contributed by atoms with E-state index in [0.717, 1.165) is 19.0 Å². The van der Waals surface area contributed by atoms with E-state index in [0.29, 0.717) is 11.4 Å². The van der Waals surface area contributed by atoms with E-state index >= 15 is 0 Å². The van der Waals surface area contributed by atoms with Crippen LogP contribution in [0.4, 0.5) is 17.3 Å². The maximum Gasteiger partial charge on any atom is 0.269 e. The summed E-state index contributed by atoms with van der Waals surface area (Å²) in [6.07, 6.45) is 4.03. The van der Waals surface area contributed by atoms with Gasteiger partial charge in [0.05, 0.1) is 16.8 Å². The van der Waals surface area contributed by atoms with Crippen LogP contribution in [0.5, 0.6) is 0 Å². The van der Waals surface area contributed by atoms with E-state index in [9.17, 15) is 10.1 Å². The Balaban J connectivity index is 1.69. The standard InChI is InChI=1S/C15H15N3O3/c19-18(20)13-5-3-12(4-6-13)16-11-14-7-8-15(21-14)17-9-1-2-10-17/h3-8,11H,1-2,9-10H2. The van der Waals surface area contributed by atoms with E-state index in [-0.39, 0.29) is 5.69 Å². The van der Waals surface area contributed by atoms with E-state index in [1.165, 1.54) is 25.0 Å². The van der Waals surface area contributed by atoms with Gasteiger partial charge in [-0.05, 0) is 31.0 Å². The summed E-state index contributed by atoms with van der Waals surface area (Å²) in [5.41, 5.74) is 0.711. The SMILES string of the molecule is O=[N+]([O-])c1ccc(N=Cc2ccc(N3CCCC3)o2)cc1. The molecule has 1 aliphatic rings. The van der Waals surface area contributed by atoms with Gasteiger partial charge in [0.15, 0.2) is 5.88 Å². The molecular weight excluding hydrogens is 270 g/mol. The predicted octanol–water partition coefficient (Wildman–Crippen LogP) is 3.54. The summed E-state index contributed by atoms with van der Waals surface area (Å²) in [6, 6.07) is 9.91. The first kappa shape index (κ1) is 13.4. The first-order chi connectivity index (χ1) is 10.2. The van der Waals surface area contributed by atoms with E-state index in [4.69, 9.17) is 4.42 Å². The zero-order valence-electron chi connectivity index (χ0n) is 11.4. The number of benzene rings is 1. The van der Waals surface area contributed by atoms with Gasteiger partial charge in [0, 0.05) is 31.3 Å². The minimum absolute atomic E-state index is 0.0586. The molecule has 2 aromatic rings. The lowest BCUT2D eigenvalue weighted by Crippen LogP contribution is -2.16. The number of furan rings is 1. The van der Waals surface area contributed by atoms with Crippen molar-refractivity contribution in [2.75, 3.05) is 18.0 Å². The van der Waals surface area contributed by atoms with E-state index < -0.39 is 4.92 Å². The van der Waals surface area contributed by atoms with Gasteiger partial charge in [-0.2, -0.15) is 0 Å². The number of anilines is 1. The van der Waals surface area contributed by atoms with Crippen LogP contribution in [0.2, 0.25) is 0 Å². The van der Waals surface area contributed by atoms with Gasteiger partial charge in [-0.25, -0.2) is 0 Å². The lowest BCUT2D eigenvalue weighted by Gasteiger charge is -2.12. The van der Waals surface area contributed by atoms with Gasteiger partial charge in [-0.15, -0.1) is 0 Å². The number of aliphatic imine (C=N–C) groups is 1. The second kappa shape index (κ2) is 5.78. The highest BCUT2D eigenvalue weighted by molar-refractivity contribution is 5.79. The fourth-order valence-corrected chi connectivity index (χ4v) is 2.32. The number of rotatable bonds is 4. The molecule has 0 N–H and O–H groups in total. The number of hydrogen-bond donors (Lipinski definition) is 0. The Morgan fingerprint density at radius 2 is 1.86 bits per heavy atom. The van der Waals surface area contributed by atoms with Crippen LogP contribution >= 0.6 is 0 Å². The van der Waals surface area contributed by atoms with Crippen molar-refractivity contribution in [1.82, 2.24) is 0 Å². The molecule has 0 bridgehead atoms. The Labute approximate surface area is 121 Å². The molecule has 1 aromatic carbocycles. The number of nitro benzene ring substituents is 1. The summed E-state index contributed by atoms with van der Waals surface area (Å²) < 4.78 is 5.72. The average Bonchev–Trinajstić information content (AvgIpc) is 3.16. The molecule has 0 atom stereocenters. The van der Waals surface area contributed by atoms with Crippen LogP contribution in [0.25, 0.3) is 0 Å². The second-order valence-electron chi connectivity index (χ2n) is 4.90. The van der Waals surface area contributed by atoms with E-state index in [2.05, 4.69) is 9.89 Å². The van der Waals surface area contributed by atoms with Crippen molar-refractivity contribution in [3.05, 3.63) is 52.3 Å². The van der Waals surface area contributed by atoms with Crippen molar-refractivity contribution in [2.24, 2.45) is 4.99 Å². The molecule has 108 valence electrons. The van der Waals surface area contributed by atoms with E-state index in [1.54, 1.807) is 18.3 Å². The molecule has 2 heterocycles. The molecule has 3 rings (SSSR count). The Kier molecular flexibility index (Phi) is 3.68. The largest absolute Gasteiger partial charge is 0.440 e. The Bertz CT molecular complexity index is 655. The molecule has 21 heavy (non-hydrogen) atoms. The van der Waals surface area contributed by atoms with Crippen molar-refractivity contribution in [2.45, 2.75) is 12.8 Å². The highest BCUT2D eigenvalue weighted by Crippen LogP contribution is 2.23. The van der Waals surface area contributed by atoms with Crippen molar-refractivity contribution in [1.29, 1.82) is 0 Å². The van der Waals surface area contributed by atoms with Crippen LogP contribution in [-0.2, 0) is 0 Å². The highest BCUT2D eigenvalue weighted by atomic mass is 16.6. The quantitative estimate of drug-likeness (QED) is 0.489. The van der Waals surface area contributed by atoms with Crippen LogP contribution < -0.4 is 4.90 Å². The maximum atomic E-state index is 10.6. The molecule has 6 nitrogen and oxygen atoms in total. The van der Waals surface area contributed by atoms with Gasteiger partial charge in [-0.1, -0.05) is 0 Å². The van der Waals surface area contributed by atoms with Gasteiger partial charge in [0.1, 0.15) is 5.76 Å². The predicted molar refractivity (Wildman–Crippen MR) is 80.5 cm³/mol. The Hall–Kier alpha value is -2.63. The average molecular weight is 285 g/mol. The molecule has 0 amide bonds. The van der Waals surface area contributed by atoms with Gasteiger partial charge < -0.3 is 9.32 Å². The van der Waals surface area contributed by atoms with Crippen LogP contribution in [0, 0.1) is 10.1 Å². The summed E-state index contributed by atoms with van der Waals surface area (Å²) >= 11 is 0. The topological polar surface area (TPSA) is 71.9 Å². The molecule has 0 radical (unpaired) electrons. The van der Waals surface area contributed by atoms with Gasteiger partial charge in [0.25, 0.3) is 5.69 Å². The molecule has 1 aromatic heterocycles. The molecule has 0 saturated carbocycles. The summed E-state index contributed by atoms with van der Waals surface area (Å²) in [4.78, 5) is 16.6. The van der Waals surface area contributed by atoms with Crippen LogP contribution in [-0.4, -0.2) is 24.2 Å². The monoisotopic (exact) mass is 285 g/mol. The lowest BCUT2D eigenvalue weighted by molar-refractivity contribution is -0.384. The van der Waals surface area contributed by atoms with Gasteiger partial charge >= 0.3 is 0 Å². The molecule has 0 aliphatic carbocycles. The fraction of sp³-hybridized carbons (Fsp3) is 0.267. The number of hydrogen-bond acceptors (Lipinski definition) is 5. The van der Waals surface area contributed by atoms with Crippen LogP contribution in [0.15, 0.2) is 45.8 Å². The zero-order chi connectivity index (χ0) is 14.7. The summed E-state index contributed by atoms with van der Waals surface area (Å²) in [7, 11) is 0. The van der Waals surface area contributed by atoms with Crippen molar-refractivity contribution < 1.29 is 9.34 Å². The highest BCUT2D eigenvalue weighted by Gasteiger charge is 2.15. The summed E-state index contributed by atoms with van der Waals surface area (Å²) in [6.45, 7) is 2.07. The Morgan fingerprint density at radius 1 is 1.14 bits per heavy atom. The number of non-ortho nitro benzene ring substituents is 1. The lowest BCUT2D eigenvalue weighted by atomic mass is 10.3. The Morgan fingerprint density at radius 3 is 2.52 bits per heavy atom. The minimum Gasteiger partial charge on any atom is -0.440 e. The third-order valence-electron chi connectivity index (χ3n) is 3.43. The third kappa shape index (κ3) is 3.10. The minimum atomic E-state index is -0.428. The molecular formula is C15H15N3O3. The molecule has 6 heteroatoms. The van der Waals surface area contributed by atoms with E-state index in [1.807, 2.05) is 12.1 Å². The first-order valence-corrected chi connectivity index (χ1v) is 6.86. The molecule has 0 unspecified atom stereocenters. The molecule has 1 fully saturated rings. The van der Waals surface area contributed by atoms with Crippen molar-refractivity contribution in [3.63, 3.8) is 0 Å². The summed E-state index contributed by atoms with van der Waals surface area (Å²) in [5.74, 6) is 1.55. The van der Waals surface area contributed by atoms with Gasteiger partial charge in [0.2, 0.25) is 0 Å². The molecule has 1 saturated heterocycles. The second-order valence-corrected chi connectivity index (χ2v) is 4.90. The first-order valence-electron chi connectivity index (χ1n) is 6.86. The van der Waals surface area contributed by atoms with Crippen molar-refractivity contribution >= 4 is 23.5 Å². The van der Waals surface area contributed by atoms with Gasteiger partial charge in [-0.3, -0.25) is 15.1 Å². The number of nitro groups is 1. The summed E-state index contributed by atoms with van der Waals surface area (Å²) in [5, 5.41) is 10.6. The van der Waals surface area contributed by atoms with Crippen molar-refractivity contribution in [3.8, 4) is 0 Å². The maximum absolute atomic E-state index is 10.6.